The van der Waals surface area contributed by atoms with Crippen LogP contribution in [0.25, 0.3) is 75.5 Å². The quantitative estimate of drug-likeness (QED) is 0.178. The summed E-state index contributed by atoms with van der Waals surface area (Å²) in [5, 5.41) is 4.81. The van der Waals surface area contributed by atoms with Gasteiger partial charge in [0, 0.05) is 47.8 Å². The van der Waals surface area contributed by atoms with Crippen LogP contribution < -0.4 is 4.90 Å². The fraction of sp³-hybridized carbons (Fsp3) is 0.0182. The first-order valence-electron chi connectivity index (χ1n) is 19.9. The number of hydrogen-bond acceptors (Lipinski definition) is 3. The second-order valence-corrected chi connectivity index (χ2v) is 16.6. The third kappa shape index (κ3) is 4.16. The number of furan rings is 1. The number of nitrogens with zero attached hydrogens (tertiary/aromatic N) is 1. The Labute approximate surface area is 339 Å². The van der Waals surface area contributed by atoms with Crippen molar-refractivity contribution >= 4 is 70.5 Å². The van der Waals surface area contributed by atoms with Gasteiger partial charge in [0.1, 0.15) is 11.2 Å². The zero-order valence-corrected chi connectivity index (χ0v) is 32.1. The Kier molecular flexibility index (Phi) is 6.56. The van der Waals surface area contributed by atoms with Crippen LogP contribution >= 0.6 is 11.3 Å². The molecule has 0 atom stereocenters. The van der Waals surface area contributed by atoms with E-state index in [1.54, 1.807) is 0 Å². The minimum absolute atomic E-state index is 0.449. The van der Waals surface area contributed by atoms with Crippen molar-refractivity contribution in [1.29, 1.82) is 0 Å². The summed E-state index contributed by atoms with van der Waals surface area (Å²) in [4.78, 5) is 2.53. The summed E-state index contributed by atoms with van der Waals surface area (Å²) in [5.74, 6) is 0. The van der Waals surface area contributed by atoms with Crippen LogP contribution in [0.3, 0.4) is 0 Å². The van der Waals surface area contributed by atoms with Gasteiger partial charge >= 0.3 is 0 Å². The van der Waals surface area contributed by atoms with Crippen LogP contribution in [0.1, 0.15) is 22.3 Å². The van der Waals surface area contributed by atoms with E-state index in [9.17, 15) is 0 Å². The summed E-state index contributed by atoms with van der Waals surface area (Å²) in [5.41, 5.74) is 17.5. The highest BCUT2D eigenvalue weighted by Gasteiger charge is 2.52. The van der Waals surface area contributed by atoms with Gasteiger partial charge in [-0.2, -0.15) is 0 Å². The second-order valence-electron chi connectivity index (χ2n) is 15.5. The maximum absolute atomic E-state index is 6.46. The van der Waals surface area contributed by atoms with E-state index in [2.05, 4.69) is 199 Å². The molecule has 0 saturated heterocycles. The maximum Gasteiger partial charge on any atom is 0.136 e. The van der Waals surface area contributed by atoms with Crippen molar-refractivity contribution < 1.29 is 4.42 Å². The molecule has 0 bridgehead atoms. The summed E-state index contributed by atoms with van der Waals surface area (Å²) < 4.78 is 9.05. The summed E-state index contributed by atoms with van der Waals surface area (Å²) >= 11 is 1.86. The maximum atomic E-state index is 6.46. The van der Waals surface area contributed by atoms with E-state index < -0.39 is 5.41 Å². The highest BCUT2D eigenvalue weighted by Crippen LogP contribution is 2.65. The molecule has 2 nitrogen and oxygen atoms in total. The van der Waals surface area contributed by atoms with Crippen molar-refractivity contribution in [3.05, 3.63) is 222 Å². The summed E-state index contributed by atoms with van der Waals surface area (Å²) in [7, 11) is 0. The monoisotopic (exact) mass is 755 g/mol. The number of benzene rings is 9. The van der Waals surface area contributed by atoms with Crippen molar-refractivity contribution in [3.8, 4) is 33.4 Å². The molecule has 0 amide bonds. The lowest BCUT2D eigenvalue weighted by molar-refractivity contribution is 0.669. The third-order valence-electron chi connectivity index (χ3n) is 12.7. The standard InChI is InChI=1S/C55H33NOS/c1-7-22-43-35(15-1)36-16-2-8-23-44(36)55(43)45-24-9-3-19-40(45)54-46(55)25-14-27-48(54)56(34-31-32-52-42(33-34)38-18-6-12-30-51(38)58-52)47-26-10-4-17-37(47)39-21-13-29-50-53(39)41-20-5-11-28-49(41)57-50/h1-33H. The molecule has 3 heteroatoms. The van der Waals surface area contributed by atoms with Crippen LogP contribution in [-0.2, 0) is 5.41 Å². The fourth-order valence-corrected chi connectivity index (χ4v) is 11.6. The Bertz CT molecular complexity index is 3450. The Balaban J connectivity index is 1.15. The lowest BCUT2D eigenvalue weighted by atomic mass is 9.70. The molecule has 2 aliphatic rings. The lowest BCUT2D eigenvalue weighted by Gasteiger charge is -2.32. The largest absolute Gasteiger partial charge is 0.456 e. The zero-order chi connectivity index (χ0) is 38.0. The molecule has 0 unspecified atom stereocenters. The fourth-order valence-electron chi connectivity index (χ4n) is 10.5. The highest BCUT2D eigenvalue weighted by molar-refractivity contribution is 7.25. The Morgan fingerprint density at radius 3 is 1.74 bits per heavy atom. The molecule has 13 rings (SSSR count). The first-order valence-corrected chi connectivity index (χ1v) is 20.7. The molecular formula is C55H33NOS. The van der Waals surface area contributed by atoms with Gasteiger partial charge in [0.2, 0.25) is 0 Å². The number of fused-ring (bicyclic) bond motifs is 16. The predicted molar refractivity (Wildman–Crippen MR) is 243 cm³/mol. The first kappa shape index (κ1) is 31.9. The van der Waals surface area contributed by atoms with E-state index in [1.165, 1.54) is 64.7 Å². The van der Waals surface area contributed by atoms with Crippen LogP contribution in [0.2, 0.25) is 0 Å². The van der Waals surface area contributed by atoms with Crippen molar-refractivity contribution in [2.24, 2.45) is 0 Å². The van der Waals surface area contributed by atoms with Crippen molar-refractivity contribution in [3.63, 3.8) is 0 Å². The van der Waals surface area contributed by atoms with Gasteiger partial charge in [-0.25, -0.2) is 0 Å². The number of hydrogen-bond donors (Lipinski definition) is 0. The van der Waals surface area contributed by atoms with E-state index >= 15 is 0 Å². The third-order valence-corrected chi connectivity index (χ3v) is 13.8. The Morgan fingerprint density at radius 2 is 0.931 bits per heavy atom. The Hall–Kier alpha value is -7.20. The van der Waals surface area contributed by atoms with E-state index in [1.807, 2.05) is 17.4 Å². The molecule has 2 heterocycles. The number of anilines is 3. The average molecular weight is 756 g/mol. The van der Waals surface area contributed by atoms with Crippen LogP contribution in [0.5, 0.6) is 0 Å². The van der Waals surface area contributed by atoms with Crippen molar-refractivity contribution in [1.82, 2.24) is 0 Å². The molecule has 0 saturated carbocycles. The molecular weight excluding hydrogens is 723 g/mol. The summed E-state index contributed by atoms with van der Waals surface area (Å²) in [6, 6.07) is 73.8. The van der Waals surface area contributed by atoms with Crippen molar-refractivity contribution in [2.75, 3.05) is 4.90 Å². The molecule has 0 fully saturated rings. The summed E-state index contributed by atoms with van der Waals surface area (Å²) in [6.45, 7) is 0. The molecule has 1 spiro atoms. The van der Waals surface area contributed by atoms with Crippen LogP contribution in [-0.4, -0.2) is 0 Å². The van der Waals surface area contributed by atoms with E-state index in [-0.39, 0.29) is 0 Å². The van der Waals surface area contributed by atoms with Crippen LogP contribution in [0.15, 0.2) is 205 Å². The number of para-hydroxylation sites is 2. The van der Waals surface area contributed by atoms with Gasteiger partial charge in [-0.05, 0) is 93.0 Å². The van der Waals surface area contributed by atoms with E-state index in [0.29, 0.717) is 0 Å². The molecule has 0 N–H and O–H groups in total. The van der Waals surface area contributed by atoms with Crippen LogP contribution in [0, 0.1) is 0 Å². The summed E-state index contributed by atoms with van der Waals surface area (Å²) in [6.07, 6.45) is 0. The van der Waals surface area contributed by atoms with Gasteiger partial charge < -0.3 is 9.32 Å². The molecule has 9 aromatic carbocycles. The molecule has 2 aromatic heterocycles. The minimum atomic E-state index is -0.449. The van der Waals surface area contributed by atoms with Gasteiger partial charge in [-0.3, -0.25) is 0 Å². The van der Waals surface area contributed by atoms with Crippen molar-refractivity contribution in [2.45, 2.75) is 5.41 Å². The number of rotatable bonds is 4. The van der Waals surface area contributed by atoms with Gasteiger partial charge in [0.25, 0.3) is 0 Å². The van der Waals surface area contributed by atoms with Gasteiger partial charge in [-0.1, -0.05) is 152 Å². The zero-order valence-electron chi connectivity index (χ0n) is 31.3. The van der Waals surface area contributed by atoms with Gasteiger partial charge in [-0.15, -0.1) is 11.3 Å². The number of thiophene rings is 1. The molecule has 58 heavy (non-hydrogen) atoms. The second kappa shape index (κ2) is 11.9. The average Bonchev–Trinajstić information content (AvgIpc) is 4.02. The van der Waals surface area contributed by atoms with Gasteiger partial charge in [0.15, 0.2) is 0 Å². The normalized spacial score (nSPS) is 13.3. The SMILES string of the molecule is c1ccc(N(c2ccc3sc4ccccc4c3c2)c2cccc3c2-c2ccccc2C32c3ccccc3-c3ccccc32)c(-c2cccc3oc4ccccc4c23)c1. The molecule has 2 aliphatic carbocycles. The Morgan fingerprint density at radius 1 is 0.379 bits per heavy atom. The molecule has 0 radical (unpaired) electrons. The predicted octanol–water partition coefficient (Wildman–Crippen LogP) is 15.4. The lowest BCUT2D eigenvalue weighted by Crippen LogP contribution is -2.26. The van der Waals surface area contributed by atoms with E-state index in [4.69, 9.17) is 4.42 Å². The van der Waals surface area contributed by atoms with E-state index in [0.717, 1.165) is 50.1 Å². The van der Waals surface area contributed by atoms with Crippen LogP contribution in [0.4, 0.5) is 17.1 Å². The topological polar surface area (TPSA) is 16.4 Å². The molecule has 270 valence electrons. The smallest absolute Gasteiger partial charge is 0.136 e. The van der Waals surface area contributed by atoms with Gasteiger partial charge in [0.05, 0.1) is 16.8 Å². The molecule has 11 aromatic rings. The minimum Gasteiger partial charge on any atom is -0.456 e. The first-order chi connectivity index (χ1) is 28.8. The highest BCUT2D eigenvalue weighted by atomic mass is 32.1. The molecule has 0 aliphatic heterocycles.